The van der Waals surface area contributed by atoms with Crippen LogP contribution in [0.15, 0.2) is 17.1 Å². The van der Waals surface area contributed by atoms with Gasteiger partial charge in [-0.1, -0.05) is 0 Å². The minimum absolute atomic E-state index is 0. The van der Waals surface area contributed by atoms with Crippen molar-refractivity contribution in [1.29, 1.82) is 0 Å². The number of aliphatic hydroxyl groups is 1. The van der Waals surface area contributed by atoms with Crippen LogP contribution in [0.1, 0.15) is 6.23 Å². The molecule has 1 fully saturated rings. The van der Waals surface area contributed by atoms with E-state index in [1.54, 1.807) is 0 Å². The quantitative estimate of drug-likeness (QED) is 0.600. The number of hydrogen-bond donors (Lipinski definition) is 3. The molecule has 8 nitrogen and oxygen atoms in total. The van der Waals surface area contributed by atoms with Crippen LogP contribution in [0.25, 0.3) is 0 Å². The largest absolute Gasteiger partial charge is 0.388 e. The molecule has 96 valence electrons. The number of ether oxygens (including phenoxy) is 2. The first-order valence-corrected chi connectivity index (χ1v) is 4.80. The number of nitrogens with two attached hydrogens (primary N) is 1. The molecule has 0 saturated carbocycles. The summed E-state index contributed by atoms with van der Waals surface area (Å²) >= 11 is 0. The van der Waals surface area contributed by atoms with Crippen LogP contribution in [0, 0.1) is 0 Å². The normalized spacial score (nSPS) is 27.8. The molecule has 1 aliphatic heterocycles. The second kappa shape index (κ2) is 5.23. The van der Waals surface area contributed by atoms with Crippen LogP contribution < -0.4 is 17.6 Å². The average Bonchev–Trinajstić information content (AvgIpc) is 2.59. The summed E-state index contributed by atoms with van der Waals surface area (Å²) in [6, 6.07) is 1.49. The number of anilines is 1. The number of nitrogens with zero attached hydrogens (tertiary/aromatic N) is 2. The molecule has 8 heteroatoms. The van der Waals surface area contributed by atoms with Crippen molar-refractivity contribution in [2.45, 2.75) is 18.4 Å². The Bertz CT molecular complexity index is 435. The van der Waals surface area contributed by atoms with Crippen LogP contribution in [0.2, 0.25) is 0 Å². The summed E-state index contributed by atoms with van der Waals surface area (Å²) in [5.41, 5.74) is 4.85. The molecule has 1 aliphatic rings. The molecule has 1 aromatic heterocycles. The maximum atomic E-state index is 11.5. The highest BCUT2D eigenvalue weighted by Gasteiger charge is 2.38. The third kappa shape index (κ3) is 2.44. The van der Waals surface area contributed by atoms with Crippen molar-refractivity contribution in [3.63, 3.8) is 0 Å². The maximum Gasteiger partial charge on any atom is 0.351 e. The molecule has 0 aromatic carbocycles. The Kier molecular flexibility index (Phi) is 4.18. The van der Waals surface area contributed by atoms with Gasteiger partial charge in [-0.25, -0.2) is 4.79 Å². The Morgan fingerprint density at radius 1 is 1.71 bits per heavy atom. The van der Waals surface area contributed by atoms with Gasteiger partial charge in [-0.15, -0.1) is 0 Å². The lowest BCUT2D eigenvalue weighted by Gasteiger charge is -2.20. The maximum absolute atomic E-state index is 11.5. The van der Waals surface area contributed by atoms with Gasteiger partial charge in [0.05, 0.1) is 6.61 Å². The Morgan fingerprint density at radius 3 is 3.00 bits per heavy atom. The van der Waals surface area contributed by atoms with E-state index in [-0.39, 0.29) is 18.6 Å². The van der Waals surface area contributed by atoms with Gasteiger partial charge in [-0.2, -0.15) is 4.98 Å². The average molecular weight is 244 g/mol. The van der Waals surface area contributed by atoms with Crippen LogP contribution >= 0.6 is 0 Å². The van der Waals surface area contributed by atoms with E-state index < -0.39 is 24.1 Å². The van der Waals surface area contributed by atoms with Gasteiger partial charge in [-0.3, -0.25) is 4.57 Å². The number of rotatable bonds is 2. The lowest BCUT2D eigenvalue weighted by molar-refractivity contribution is -0.0453. The fourth-order valence-electron chi connectivity index (χ4n) is 1.71. The van der Waals surface area contributed by atoms with Crippen LogP contribution in [-0.4, -0.2) is 40.6 Å². The zero-order valence-electron chi connectivity index (χ0n) is 9.44. The molecule has 0 spiro atoms. The van der Waals surface area contributed by atoms with Gasteiger partial charge in [0.15, 0.2) is 6.23 Å². The van der Waals surface area contributed by atoms with Gasteiger partial charge in [0.25, 0.3) is 0 Å². The lowest BCUT2D eigenvalue weighted by Crippen LogP contribution is -2.36. The Hall–Kier alpha value is -1.48. The zero-order valence-corrected chi connectivity index (χ0v) is 9.44. The minimum atomic E-state index is -0.751. The van der Waals surface area contributed by atoms with Gasteiger partial charge in [-0.05, 0) is 6.07 Å². The van der Waals surface area contributed by atoms with E-state index in [0.29, 0.717) is 0 Å². The van der Waals surface area contributed by atoms with E-state index in [4.69, 9.17) is 15.2 Å². The number of aromatic nitrogens is 2. The SMILES string of the molecule is CO[C@H]1[C@H](n2ccc(N)nc2=O)OC[C@@H]1O.N. The molecule has 2 heterocycles. The molecular weight excluding hydrogens is 228 g/mol. The summed E-state index contributed by atoms with van der Waals surface area (Å²) < 4.78 is 11.6. The fraction of sp³-hybridized carbons (Fsp3) is 0.556. The van der Waals surface area contributed by atoms with E-state index >= 15 is 0 Å². The Morgan fingerprint density at radius 2 is 2.41 bits per heavy atom. The third-order valence-corrected chi connectivity index (χ3v) is 2.50. The number of methoxy groups -OCH3 is 1. The minimum Gasteiger partial charge on any atom is -0.388 e. The van der Waals surface area contributed by atoms with Gasteiger partial charge in [0.2, 0.25) is 0 Å². The van der Waals surface area contributed by atoms with Crippen molar-refractivity contribution in [2.24, 2.45) is 0 Å². The predicted molar refractivity (Wildman–Crippen MR) is 59.7 cm³/mol. The molecule has 0 aliphatic carbocycles. The molecule has 0 bridgehead atoms. The molecule has 0 amide bonds. The Labute approximate surface area is 97.6 Å². The standard InChI is InChI=1S/C9H13N3O4.H3N/c1-15-7-5(13)4-16-8(7)12-3-2-6(10)11-9(12)14;/h2-3,5,7-8,13H,4H2,1H3,(H2,10,11,14);1H3/t5-,7+,8+;/m0./s1. The second-order valence-corrected chi connectivity index (χ2v) is 3.53. The van der Waals surface area contributed by atoms with Crippen molar-refractivity contribution in [3.8, 4) is 0 Å². The van der Waals surface area contributed by atoms with Crippen molar-refractivity contribution in [2.75, 3.05) is 19.5 Å². The first kappa shape index (κ1) is 13.6. The van der Waals surface area contributed by atoms with Gasteiger partial charge < -0.3 is 26.5 Å². The highest BCUT2D eigenvalue weighted by atomic mass is 16.6. The summed E-state index contributed by atoms with van der Waals surface area (Å²) in [6.07, 6.45) is -0.525. The topological polar surface area (TPSA) is 135 Å². The van der Waals surface area contributed by atoms with Gasteiger partial charge in [0.1, 0.15) is 18.0 Å². The highest BCUT2D eigenvalue weighted by molar-refractivity contribution is 5.23. The lowest BCUT2D eigenvalue weighted by atomic mass is 10.2. The van der Waals surface area contributed by atoms with Crippen molar-refractivity contribution in [1.82, 2.24) is 15.7 Å². The predicted octanol–water partition coefficient (Wildman–Crippen LogP) is -1.11. The first-order chi connectivity index (χ1) is 7.63. The molecule has 1 saturated heterocycles. The van der Waals surface area contributed by atoms with Gasteiger partial charge >= 0.3 is 5.69 Å². The summed E-state index contributed by atoms with van der Waals surface area (Å²) in [7, 11) is 1.45. The van der Waals surface area contributed by atoms with Crippen molar-refractivity contribution in [3.05, 3.63) is 22.7 Å². The van der Waals surface area contributed by atoms with E-state index in [2.05, 4.69) is 4.98 Å². The molecule has 2 rings (SSSR count). The molecule has 0 radical (unpaired) electrons. The molecule has 17 heavy (non-hydrogen) atoms. The van der Waals surface area contributed by atoms with Crippen LogP contribution in [-0.2, 0) is 9.47 Å². The van der Waals surface area contributed by atoms with Crippen LogP contribution in [0.3, 0.4) is 0 Å². The summed E-state index contributed by atoms with van der Waals surface area (Å²) in [5, 5.41) is 9.56. The molecule has 0 unspecified atom stereocenters. The highest BCUT2D eigenvalue weighted by Crippen LogP contribution is 2.24. The monoisotopic (exact) mass is 244 g/mol. The summed E-state index contributed by atoms with van der Waals surface area (Å²) in [6.45, 7) is 0.125. The van der Waals surface area contributed by atoms with E-state index in [1.807, 2.05) is 0 Å². The fourth-order valence-corrected chi connectivity index (χ4v) is 1.71. The molecule has 6 N–H and O–H groups in total. The van der Waals surface area contributed by atoms with Crippen molar-refractivity contribution >= 4 is 5.82 Å². The van der Waals surface area contributed by atoms with E-state index in [1.165, 1.54) is 23.9 Å². The van der Waals surface area contributed by atoms with Crippen molar-refractivity contribution < 1.29 is 14.6 Å². The Balaban J connectivity index is 0.00000144. The van der Waals surface area contributed by atoms with E-state index in [9.17, 15) is 9.90 Å². The van der Waals surface area contributed by atoms with Crippen LogP contribution in [0.5, 0.6) is 0 Å². The van der Waals surface area contributed by atoms with Crippen LogP contribution in [0.4, 0.5) is 5.82 Å². The second-order valence-electron chi connectivity index (χ2n) is 3.53. The summed E-state index contributed by atoms with van der Waals surface area (Å²) in [5.74, 6) is 0.147. The van der Waals surface area contributed by atoms with E-state index in [0.717, 1.165) is 0 Å². The number of hydrogen-bond acceptors (Lipinski definition) is 7. The zero-order chi connectivity index (χ0) is 11.7. The smallest absolute Gasteiger partial charge is 0.351 e. The molecule has 3 atom stereocenters. The first-order valence-electron chi connectivity index (χ1n) is 4.80. The molecular formula is C9H16N4O4. The molecule has 1 aromatic rings. The summed E-state index contributed by atoms with van der Waals surface area (Å²) in [4.78, 5) is 15.1. The number of nitrogen functional groups attached to an aromatic ring is 1. The van der Waals surface area contributed by atoms with Gasteiger partial charge in [0, 0.05) is 13.3 Å². The third-order valence-electron chi connectivity index (χ3n) is 2.50. The number of aliphatic hydroxyl groups excluding tert-OH is 1.